The van der Waals surface area contributed by atoms with E-state index in [1.165, 1.54) is 0 Å². The molecule has 120 valence electrons. The van der Waals surface area contributed by atoms with Crippen molar-refractivity contribution in [2.75, 3.05) is 20.8 Å². The number of fused-ring (bicyclic) bond motifs is 1. The number of aliphatic carboxylic acids is 1. The molecule has 2 aliphatic rings. The lowest BCUT2D eigenvalue weighted by Crippen LogP contribution is -2.53. The van der Waals surface area contributed by atoms with E-state index in [2.05, 4.69) is 0 Å². The number of methoxy groups -OCH3 is 1. The summed E-state index contributed by atoms with van der Waals surface area (Å²) in [4.78, 5) is 27.5. The van der Waals surface area contributed by atoms with Crippen LogP contribution in [-0.4, -0.2) is 65.8 Å². The Hall–Kier alpha value is -1.30. The fourth-order valence-corrected chi connectivity index (χ4v) is 3.68. The van der Waals surface area contributed by atoms with Crippen LogP contribution >= 0.6 is 0 Å². The number of carboxylic acids is 1. The van der Waals surface area contributed by atoms with Gasteiger partial charge in [-0.2, -0.15) is 0 Å². The van der Waals surface area contributed by atoms with Crippen LogP contribution in [0.2, 0.25) is 0 Å². The summed E-state index contributed by atoms with van der Waals surface area (Å²) < 4.78 is 5.09. The van der Waals surface area contributed by atoms with E-state index in [9.17, 15) is 14.7 Å². The number of likely N-dealkylation sites (N-methyl/N-ethyl adjacent to an activating group) is 1. The quantitative estimate of drug-likeness (QED) is 0.859. The van der Waals surface area contributed by atoms with Gasteiger partial charge < -0.3 is 19.6 Å². The summed E-state index contributed by atoms with van der Waals surface area (Å²) in [6.07, 6.45) is 4.78. The van der Waals surface area contributed by atoms with Crippen LogP contribution in [0.3, 0.4) is 0 Å². The number of ether oxygens (including phenoxy) is 1. The summed E-state index contributed by atoms with van der Waals surface area (Å²) in [5, 5.41) is 9.47. The van der Waals surface area contributed by atoms with Crippen LogP contribution in [-0.2, 0) is 9.53 Å². The molecule has 1 N–H and O–H groups in total. The third-order valence-corrected chi connectivity index (χ3v) is 4.96. The number of urea groups is 1. The number of carbonyl (C=O) groups is 2. The molecule has 4 unspecified atom stereocenters. The number of nitrogens with zero attached hydrogens (tertiary/aromatic N) is 2. The van der Waals surface area contributed by atoms with Gasteiger partial charge in [-0.25, -0.2) is 9.59 Å². The van der Waals surface area contributed by atoms with Crippen molar-refractivity contribution in [2.45, 2.75) is 57.2 Å². The molecule has 0 spiro atoms. The zero-order valence-corrected chi connectivity index (χ0v) is 13.1. The molecule has 0 aromatic carbocycles. The molecule has 1 aliphatic carbocycles. The van der Waals surface area contributed by atoms with Crippen molar-refractivity contribution in [2.24, 2.45) is 5.92 Å². The van der Waals surface area contributed by atoms with E-state index < -0.39 is 12.0 Å². The first-order valence-electron chi connectivity index (χ1n) is 7.74. The second kappa shape index (κ2) is 6.64. The Morgan fingerprint density at radius 3 is 2.67 bits per heavy atom. The van der Waals surface area contributed by atoms with E-state index >= 15 is 0 Å². The first-order chi connectivity index (χ1) is 9.97. The number of hydrogen-bond donors (Lipinski definition) is 1. The summed E-state index contributed by atoms with van der Waals surface area (Å²) in [7, 11) is 3.32. The number of amides is 2. The molecule has 0 aromatic heterocycles. The van der Waals surface area contributed by atoms with Crippen LogP contribution in [0, 0.1) is 5.92 Å². The highest BCUT2D eigenvalue weighted by Gasteiger charge is 2.48. The monoisotopic (exact) mass is 298 g/mol. The minimum atomic E-state index is -0.884. The lowest BCUT2D eigenvalue weighted by atomic mass is 9.85. The predicted octanol–water partition coefficient (Wildman–Crippen LogP) is 1.79. The van der Waals surface area contributed by atoms with E-state index in [4.69, 9.17) is 4.74 Å². The van der Waals surface area contributed by atoms with Crippen LogP contribution in [0.25, 0.3) is 0 Å². The number of likely N-dealkylation sites (tertiary alicyclic amines) is 1. The van der Waals surface area contributed by atoms with Crippen molar-refractivity contribution in [1.29, 1.82) is 0 Å². The van der Waals surface area contributed by atoms with Gasteiger partial charge >= 0.3 is 12.0 Å². The summed E-state index contributed by atoms with van der Waals surface area (Å²) >= 11 is 0. The van der Waals surface area contributed by atoms with Gasteiger partial charge in [0.1, 0.15) is 6.04 Å². The molecule has 1 heterocycles. The third kappa shape index (κ3) is 3.15. The molecular weight excluding hydrogens is 272 g/mol. The largest absolute Gasteiger partial charge is 0.480 e. The van der Waals surface area contributed by atoms with E-state index in [1.807, 2.05) is 6.92 Å². The van der Waals surface area contributed by atoms with E-state index in [-0.39, 0.29) is 18.1 Å². The first-order valence-corrected chi connectivity index (χ1v) is 7.74. The minimum absolute atomic E-state index is 0.0698. The topological polar surface area (TPSA) is 70.1 Å². The predicted molar refractivity (Wildman–Crippen MR) is 78.1 cm³/mol. The summed E-state index contributed by atoms with van der Waals surface area (Å²) in [5.41, 5.74) is 0. The van der Waals surface area contributed by atoms with Crippen LogP contribution in [0.4, 0.5) is 4.79 Å². The van der Waals surface area contributed by atoms with Crippen molar-refractivity contribution >= 4 is 12.0 Å². The number of hydrogen-bond acceptors (Lipinski definition) is 3. The Labute approximate surface area is 126 Å². The average molecular weight is 298 g/mol. The lowest BCUT2D eigenvalue weighted by Gasteiger charge is -2.37. The van der Waals surface area contributed by atoms with Crippen molar-refractivity contribution in [3.8, 4) is 0 Å². The second-order valence-corrected chi connectivity index (χ2v) is 6.31. The number of rotatable bonds is 4. The van der Waals surface area contributed by atoms with Crippen LogP contribution in [0.1, 0.15) is 39.0 Å². The fraction of sp³-hybridized carbons (Fsp3) is 0.867. The molecule has 1 saturated heterocycles. The zero-order chi connectivity index (χ0) is 15.6. The molecule has 1 saturated carbocycles. The standard InChI is InChI=1S/C15H26N2O4/c1-10(9-21-3)16(2)15(20)17-12-7-5-4-6-11(12)8-13(17)14(18)19/h10-13H,4-9H2,1-3H3,(H,18,19). The van der Waals surface area contributed by atoms with Gasteiger partial charge in [0.05, 0.1) is 12.6 Å². The molecule has 2 rings (SSSR count). The maximum Gasteiger partial charge on any atom is 0.326 e. The van der Waals surface area contributed by atoms with Crippen molar-refractivity contribution in [3.05, 3.63) is 0 Å². The molecule has 1 aliphatic heterocycles. The number of carbonyl (C=O) groups excluding carboxylic acids is 1. The van der Waals surface area contributed by atoms with Crippen LogP contribution in [0.5, 0.6) is 0 Å². The number of carboxylic acid groups (broad SMARTS) is 1. The molecule has 2 amide bonds. The first kappa shape index (κ1) is 16.1. The Kier molecular flexibility index (Phi) is 5.08. The highest BCUT2D eigenvalue weighted by atomic mass is 16.5. The van der Waals surface area contributed by atoms with Gasteiger partial charge in [-0.15, -0.1) is 0 Å². The van der Waals surface area contributed by atoms with Gasteiger partial charge in [0.15, 0.2) is 0 Å². The highest BCUT2D eigenvalue weighted by molar-refractivity contribution is 5.84. The van der Waals surface area contributed by atoms with E-state index in [0.29, 0.717) is 18.9 Å². The van der Waals surface area contributed by atoms with Crippen molar-refractivity contribution < 1.29 is 19.4 Å². The maximum atomic E-state index is 12.8. The molecule has 4 atom stereocenters. The molecule has 21 heavy (non-hydrogen) atoms. The Bertz CT molecular complexity index is 401. The molecular formula is C15H26N2O4. The summed E-state index contributed by atoms with van der Waals surface area (Å²) in [6.45, 7) is 2.35. The van der Waals surface area contributed by atoms with Gasteiger partial charge in [-0.1, -0.05) is 12.8 Å². The second-order valence-electron chi connectivity index (χ2n) is 6.31. The Morgan fingerprint density at radius 2 is 2.05 bits per heavy atom. The van der Waals surface area contributed by atoms with Crippen LogP contribution in [0.15, 0.2) is 0 Å². The SMILES string of the molecule is COCC(C)N(C)C(=O)N1C(C(=O)O)CC2CCCCC21. The maximum absolute atomic E-state index is 12.8. The van der Waals surface area contributed by atoms with E-state index in [1.54, 1.807) is 24.0 Å². The van der Waals surface area contributed by atoms with E-state index in [0.717, 1.165) is 25.7 Å². The van der Waals surface area contributed by atoms with Gasteiger partial charge in [0.2, 0.25) is 0 Å². The normalized spacial score (nSPS) is 29.9. The van der Waals surface area contributed by atoms with Crippen LogP contribution < -0.4 is 0 Å². The molecule has 6 nitrogen and oxygen atoms in total. The lowest BCUT2D eigenvalue weighted by molar-refractivity contribution is -0.141. The third-order valence-electron chi connectivity index (χ3n) is 4.96. The molecule has 2 fully saturated rings. The summed E-state index contributed by atoms with van der Waals surface area (Å²) in [6, 6.07) is -0.840. The average Bonchev–Trinajstić information content (AvgIpc) is 2.85. The summed E-state index contributed by atoms with van der Waals surface area (Å²) in [5.74, 6) is -0.541. The van der Waals surface area contributed by atoms with Gasteiger partial charge in [-0.3, -0.25) is 0 Å². The molecule has 0 radical (unpaired) electrons. The van der Waals surface area contributed by atoms with Crippen molar-refractivity contribution in [3.63, 3.8) is 0 Å². The zero-order valence-electron chi connectivity index (χ0n) is 13.1. The Balaban J connectivity index is 2.16. The highest BCUT2D eigenvalue weighted by Crippen LogP contribution is 2.40. The Morgan fingerprint density at radius 1 is 1.38 bits per heavy atom. The molecule has 6 heteroatoms. The minimum Gasteiger partial charge on any atom is -0.480 e. The molecule has 0 bridgehead atoms. The van der Waals surface area contributed by atoms with Gasteiger partial charge in [-0.05, 0) is 32.1 Å². The van der Waals surface area contributed by atoms with Gasteiger partial charge in [0.25, 0.3) is 0 Å². The van der Waals surface area contributed by atoms with Crippen molar-refractivity contribution in [1.82, 2.24) is 9.80 Å². The smallest absolute Gasteiger partial charge is 0.326 e. The van der Waals surface area contributed by atoms with Gasteiger partial charge in [0, 0.05) is 20.2 Å². The fourth-order valence-electron chi connectivity index (χ4n) is 3.68. The molecule has 0 aromatic rings.